The number of rotatable bonds is 4. The van der Waals surface area contributed by atoms with Crippen molar-refractivity contribution in [3.05, 3.63) is 47.9 Å². The molecule has 0 radical (unpaired) electrons. The van der Waals surface area contributed by atoms with Gasteiger partial charge in [0.25, 0.3) is 0 Å². The highest BCUT2D eigenvalue weighted by atomic mass is 19.1. The van der Waals surface area contributed by atoms with E-state index in [1.54, 1.807) is 7.05 Å². The van der Waals surface area contributed by atoms with Crippen molar-refractivity contribution in [2.24, 2.45) is 0 Å². The summed E-state index contributed by atoms with van der Waals surface area (Å²) in [6, 6.07) is 9.74. The van der Waals surface area contributed by atoms with Crippen molar-refractivity contribution >= 4 is 11.8 Å². The summed E-state index contributed by atoms with van der Waals surface area (Å²) in [6.45, 7) is 0.526. The van der Waals surface area contributed by atoms with Crippen molar-refractivity contribution < 1.29 is 4.39 Å². The lowest BCUT2D eigenvalue weighted by molar-refractivity contribution is 0.617. The summed E-state index contributed by atoms with van der Waals surface area (Å²) in [7, 11) is 1.69. The lowest BCUT2D eigenvalue weighted by Gasteiger charge is -2.07. The molecule has 0 amide bonds. The Morgan fingerprint density at radius 3 is 2.71 bits per heavy atom. The zero-order valence-electron chi connectivity index (χ0n) is 9.44. The molecule has 88 valence electrons. The van der Waals surface area contributed by atoms with Gasteiger partial charge < -0.3 is 10.6 Å². The molecular weight excluding hydrogens is 219 g/mol. The van der Waals surface area contributed by atoms with Crippen LogP contribution in [0.4, 0.5) is 16.2 Å². The highest BCUT2D eigenvalue weighted by Crippen LogP contribution is 2.12. The van der Waals surface area contributed by atoms with E-state index in [0.717, 1.165) is 11.8 Å². The first kappa shape index (κ1) is 11.3. The summed E-state index contributed by atoms with van der Waals surface area (Å²) in [6.07, 6.45) is 1.14. The Balaban J connectivity index is 2.08. The van der Waals surface area contributed by atoms with E-state index >= 15 is 0 Å². The molecule has 1 heterocycles. The first-order valence-corrected chi connectivity index (χ1v) is 5.27. The van der Waals surface area contributed by atoms with Gasteiger partial charge in [0, 0.05) is 13.6 Å². The molecule has 5 heteroatoms. The maximum Gasteiger partial charge on any atom is 0.224 e. The molecule has 0 fully saturated rings. The van der Waals surface area contributed by atoms with Crippen LogP contribution in [0, 0.1) is 5.82 Å². The van der Waals surface area contributed by atoms with Crippen molar-refractivity contribution in [2.75, 3.05) is 17.7 Å². The first-order chi connectivity index (χ1) is 8.29. The van der Waals surface area contributed by atoms with Crippen LogP contribution in [0.3, 0.4) is 0 Å². The van der Waals surface area contributed by atoms with Gasteiger partial charge in [-0.2, -0.15) is 4.98 Å². The van der Waals surface area contributed by atoms with Gasteiger partial charge >= 0.3 is 0 Å². The second-order valence-corrected chi connectivity index (χ2v) is 3.48. The molecule has 0 aliphatic rings. The second kappa shape index (κ2) is 5.25. The molecule has 0 unspecified atom stereocenters. The van der Waals surface area contributed by atoms with Crippen molar-refractivity contribution in [3.8, 4) is 0 Å². The van der Waals surface area contributed by atoms with E-state index in [2.05, 4.69) is 20.6 Å². The van der Waals surface area contributed by atoms with Crippen LogP contribution in [-0.4, -0.2) is 17.0 Å². The average molecular weight is 232 g/mol. The number of halogens is 1. The predicted octanol–water partition coefficient (Wildman–Crippen LogP) is 2.27. The molecule has 1 aromatic heterocycles. The number of nitrogens with one attached hydrogen (secondary N) is 2. The Hall–Kier alpha value is -2.17. The highest BCUT2D eigenvalue weighted by Gasteiger charge is 2.05. The van der Waals surface area contributed by atoms with Crippen LogP contribution >= 0.6 is 0 Å². The minimum atomic E-state index is -0.458. The number of aromatic nitrogens is 2. The first-order valence-electron chi connectivity index (χ1n) is 5.27. The molecule has 0 spiro atoms. The molecule has 0 saturated carbocycles. The van der Waals surface area contributed by atoms with Crippen LogP contribution in [0.15, 0.2) is 36.5 Å². The minimum absolute atomic E-state index is 0.202. The van der Waals surface area contributed by atoms with Crippen LogP contribution in [0.1, 0.15) is 5.56 Å². The van der Waals surface area contributed by atoms with Gasteiger partial charge in [0.1, 0.15) is 0 Å². The van der Waals surface area contributed by atoms with Gasteiger partial charge in [-0.1, -0.05) is 30.3 Å². The molecule has 4 nitrogen and oxygen atoms in total. The van der Waals surface area contributed by atoms with E-state index in [-0.39, 0.29) is 5.82 Å². The fourth-order valence-corrected chi connectivity index (χ4v) is 1.39. The minimum Gasteiger partial charge on any atom is -0.363 e. The van der Waals surface area contributed by atoms with Gasteiger partial charge in [-0.05, 0) is 5.56 Å². The van der Waals surface area contributed by atoms with Crippen LogP contribution < -0.4 is 10.6 Å². The SMILES string of the molecule is CNc1ncc(F)c(NCc2ccccc2)n1. The summed E-state index contributed by atoms with van der Waals surface area (Å²) in [5.74, 6) is 0.134. The number of hydrogen-bond acceptors (Lipinski definition) is 4. The van der Waals surface area contributed by atoms with E-state index in [1.165, 1.54) is 0 Å². The lowest BCUT2D eigenvalue weighted by atomic mass is 10.2. The molecule has 0 aliphatic carbocycles. The zero-order chi connectivity index (χ0) is 12.1. The van der Waals surface area contributed by atoms with E-state index in [1.807, 2.05) is 30.3 Å². The van der Waals surface area contributed by atoms with Crippen LogP contribution in [0.5, 0.6) is 0 Å². The van der Waals surface area contributed by atoms with E-state index < -0.39 is 5.82 Å². The molecule has 17 heavy (non-hydrogen) atoms. The monoisotopic (exact) mass is 232 g/mol. The smallest absolute Gasteiger partial charge is 0.224 e. The van der Waals surface area contributed by atoms with Crippen molar-refractivity contribution in [3.63, 3.8) is 0 Å². The number of nitrogens with zero attached hydrogens (tertiary/aromatic N) is 2. The predicted molar refractivity (Wildman–Crippen MR) is 65.3 cm³/mol. The van der Waals surface area contributed by atoms with Gasteiger partial charge in [-0.15, -0.1) is 0 Å². The van der Waals surface area contributed by atoms with Crippen molar-refractivity contribution in [1.29, 1.82) is 0 Å². The van der Waals surface area contributed by atoms with Gasteiger partial charge in [0.15, 0.2) is 11.6 Å². The Kier molecular flexibility index (Phi) is 3.49. The van der Waals surface area contributed by atoms with Gasteiger partial charge in [0.2, 0.25) is 5.95 Å². The second-order valence-electron chi connectivity index (χ2n) is 3.48. The molecule has 0 atom stereocenters. The van der Waals surface area contributed by atoms with Gasteiger partial charge in [-0.25, -0.2) is 9.37 Å². The van der Waals surface area contributed by atoms with Crippen LogP contribution in [0.2, 0.25) is 0 Å². The van der Waals surface area contributed by atoms with E-state index in [4.69, 9.17) is 0 Å². The third kappa shape index (κ3) is 2.90. The van der Waals surface area contributed by atoms with Crippen LogP contribution in [0.25, 0.3) is 0 Å². The summed E-state index contributed by atoms with van der Waals surface area (Å²) < 4.78 is 13.4. The van der Waals surface area contributed by atoms with Crippen LogP contribution in [-0.2, 0) is 6.54 Å². The normalized spacial score (nSPS) is 10.0. The Bertz CT molecular complexity index is 487. The summed E-state index contributed by atoms with van der Waals surface area (Å²) >= 11 is 0. The zero-order valence-corrected chi connectivity index (χ0v) is 9.44. The Morgan fingerprint density at radius 1 is 1.24 bits per heavy atom. The van der Waals surface area contributed by atoms with E-state index in [0.29, 0.717) is 12.5 Å². The van der Waals surface area contributed by atoms with Gasteiger partial charge in [-0.3, -0.25) is 0 Å². The molecule has 2 aromatic rings. The number of anilines is 2. The highest BCUT2D eigenvalue weighted by molar-refractivity contribution is 5.41. The molecule has 2 rings (SSSR count). The standard InChI is InChI=1S/C12H13FN4/c1-14-12-16-8-10(13)11(17-12)15-7-9-5-3-2-4-6-9/h2-6,8H,7H2,1H3,(H2,14,15,16,17). The summed E-state index contributed by atoms with van der Waals surface area (Å²) in [5, 5.41) is 5.70. The summed E-state index contributed by atoms with van der Waals surface area (Å²) in [5.41, 5.74) is 1.07. The molecule has 0 bridgehead atoms. The van der Waals surface area contributed by atoms with Gasteiger partial charge in [0.05, 0.1) is 6.20 Å². The third-order valence-electron chi connectivity index (χ3n) is 2.27. The third-order valence-corrected chi connectivity index (χ3v) is 2.27. The quantitative estimate of drug-likeness (QED) is 0.849. The fourth-order valence-electron chi connectivity index (χ4n) is 1.39. The Morgan fingerprint density at radius 2 is 2.00 bits per heavy atom. The molecule has 0 saturated heterocycles. The lowest BCUT2D eigenvalue weighted by Crippen LogP contribution is -2.06. The number of benzene rings is 1. The largest absolute Gasteiger partial charge is 0.363 e. The molecular formula is C12H13FN4. The molecule has 2 N–H and O–H groups in total. The maximum atomic E-state index is 13.4. The van der Waals surface area contributed by atoms with Crippen molar-refractivity contribution in [2.45, 2.75) is 6.54 Å². The maximum absolute atomic E-state index is 13.4. The Labute approximate surface area is 98.9 Å². The molecule has 0 aliphatic heterocycles. The number of hydrogen-bond donors (Lipinski definition) is 2. The van der Waals surface area contributed by atoms with E-state index in [9.17, 15) is 4.39 Å². The molecule has 1 aromatic carbocycles. The van der Waals surface area contributed by atoms with Crippen molar-refractivity contribution in [1.82, 2.24) is 9.97 Å². The summed E-state index contributed by atoms with van der Waals surface area (Å²) in [4.78, 5) is 7.77. The average Bonchev–Trinajstić information content (AvgIpc) is 2.39. The fraction of sp³-hybridized carbons (Fsp3) is 0.167. The topological polar surface area (TPSA) is 49.8 Å².